The standard InChI is InChI=1S/C20H19N5O2S/c1-12-6-4-8-15(10-12)18-22-23-20-25(18)24-19(28-20)21-17(26)11-27-16-9-5-7-13(2)14(16)3/h4-10H,11H2,1-3H3,(H,21,24,26). The number of fused-ring (bicyclic) bond motifs is 1. The molecular formula is C20H19N5O2S. The molecule has 8 heteroatoms. The van der Waals surface area contributed by atoms with Gasteiger partial charge in [0.05, 0.1) is 0 Å². The maximum Gasteiger partial charge on any atom is 0.264 e. The average molecular weight is 393 g/mol. The summed E-state index contributed by atoms with van der Waals surface area (Å²) in [6.07, 6.45) is 0. The molecule has 4 rings (SSSR count). The Labute approximate surface area is 166 Å². The summed E-state index contributed by atoms with van der Waals surface area (Å²) >= 11 is 1.26. The number of nitrogens with one attached hydrogen (secondary N) is 1. The normalized spacial score (nSPS) is 11.0. The van der Waals surface area contributed by atoms with Crippen molar-refractivity contribution in [2.75, 3.05) is 11.9 Å². The molecule has 0 bridgehead atoms. The van der Waals surface area contributed by atoms with Crippen LogP contribution in [-0.4, -0.2) is 32.3 Å². The number of amides is 1. The summed E-state index contributed by atoms with van der Waals surface area (Å²) in [4.78, 5) is 12.9. The van der Waals surface area contributed by atoms with Crippen LogP contribution < -0.4 is 10.1 Å². The van der Waals surface area contributed by atoms with E-state index in [2.05, 4.69) is 20.6 Å². The van der Waals surface area contributed by atoms with Crippen LogP contribution in [0.25, 0.3) is 16.3 Å². The van der Waals surface area contributed by atoms with E-state index >= 15 is 0 Å². The molecule has 2 heterocycles. The maximum absolute atomic E-state index is 12.3. The van der Waals surface area contributed by atoms with Crippen molar-refractivity contribution < 1.29 is 9.53 Å². The van der Waals surface area contributed by atoms with Crippen molar-refractivity contribution in [2.45, 2.75) is 20.8 Å². The first-order valence-corrected chi connectivity index (χ1v) is 9.61. The van der Waals surface area contributed by atoms with Gasteiger partial charge < -0.3 is 4.74 Å². The second-order valence-electron chi connectivity index (χ2n) is 6.53. The summed E-state index contributed by atoms with van der Waals surface area (Å²) < 4.78 is 7.28. The first kappa shape index (κ1) is 18.1. The van der Waals surface area contributed by atoms with Gasteiger partial charge in [-0.2, -0.15) is 4.52 Å². The fourth-order valence-corrected chi connectivity index (χ4v) is 3.57. The number of aryl methyl sites for hydroxylation is 2. The third kappa shape index (κ3) is 3.59. The number of benzene rings is 2. The first-order chi connectivity index (χ1) is 13.5. The Kier molecular flexibility index (Phi) is 4.79. The lowest BCUT2D eigenvalue weighted by atomic mass is 10.1. The van der Waals surface area contributed by atoms with E-state index in [1.165, 1.54) is 11.3 Å². The second kappa shape index (κ2) is 7.40. The molecule has 0 aliphatic rings. The van der Waals surface area contributed by atoms with E-state index in [-0.39, 0.29) is 12.5 Å². The Hall–Kier alpha value is -3.26. The molecule has 0 fully saturated rings. The van der Waals surface area contributed by atoms with E-state index in [1.807, 2.05) is 63.2 Å². The van der Waals surface area contributed by atoms with Crippen molar-refractivity contribution in [3.63, 3.8) is 0 Å². The van der Waals surface area contributed by atoms with Crippen LogP contribution in [0.2, 0.25) is 0 Å². The van der Waals surface area contributed by atoms with Gasteiger partial charge in [-0.1, -0.05) is 47.2 Å². The molecule has 0 spiro atoms. The van der Waals surface area contributed by atoms with Crippen LogP contribution in [0, 0.1) is 20.8 Å². The number of hydrogen-bond donors (Lipinski definition) is 1. The number of anilines is 1. The molecule has 2 aromatic carbocycles. The van der Waals surface area contributed by atoms with E-state index in [1.54, 1.807) is 4.52 Å². The number of nitrogens with zero attached hydrogens (tertiary/aromatic N) is 4. The Morgan fingerprint density at radius 3 is 2.79 bits per heavy atom. The Morgan fingerprint density at radius 1 is 1.14 bits per heavy atom. The zero-order valence-electron chi connectivity index (χ0n) is 15.8. The van der Waals surface area contributed by atoms with Gasteiger partial charge in [-0.3, -0.25) is 10.1 Å². The third-order valence-electron chi connectivity index (χ3n) is 4.43. The quantitative estimate of drug-likeness (QED) is 0.558. The highest BCUT2D eigenvalue weighted by Crippen LogP contribution is 2.25. The van der Waals surface area contributed by atoms with Crippen LogP contribution in [0.15, 0.2) is 42.5 Å². The van der Waals surface area contributed by atoms with E-state index < -0.39 is 0 Å². The van der Waals surface area contributed by atoms with Crippen molar-refractivity contribution in [2.24, 2.45) is 0 Å². The molecule has 2 aromatic heterocycles. The van der Waals surface area contributed by atoms with E-state index in [9.17, 15) is 4.79 Å². The summed E-state index contributed by atoms with van der Waals surface area (Å²) in [6.45, 7) is 5.91. The predicted molar refractivity (Wildman–Crippen MR) is 109 cm³/mol. The smallest absolute Gasteiger partial charge is 0.264 e. The Bertz CT molecular complexity index is 1160. The van der Waals surface area contributed by atoms with Gasteiger partial charge in [0.25, 0.3) is 5.91 Å². The zero-order chi connectivity index (χ0) is 19.7. The largest absolute Gasteiger partial charge is 0.483 e. The Balaban J connectivity index is 1.48. The lowest BCUT2D eigenvalue weighted by Gasteiger charge is -2.10. The lowest BCUT2D eigenvalue weighted by Crippen LogP contribution is -2.20. The highest BCUT2D eigenvalue weighted by atomic mass is 32.1. The molecule has 0 aliphatic heterocycles. The van der Waals surface area contributed by atoms with E-state index in [0.29, 0.717) is 21.7 Å². The third-order valence-corrected chi connectivity index (χ3v) is 5.24. The molecule has 0 aliphatic carbocycles. The minimum absolute atomic E-state index is 0.0881. The number of hydrogen-bond acceptors (Lipinski definition) is 6. The molecule has 4 aromatic rings. The fourth-order valence-electron chi connectivity index (χ4n) is 2.81. The highest BCUT2D eigenvalue weighted by molar-refractivity contribution is 7.20. The fraction of sp³-hybridized carbons (Fsp3) is 0.200. The molecule has 142 valence electrons. The van der Waals surface area contributed by atoms with Gasteiger partial charge in [-0.05, 0) is 44.0 Å². The van der Waals surface area contributed by atoms with Gasteiger partial charge in [0.2, 0.25) is 10.1 Å². The van der Waals surface area contributed by atoms with Gasteiger partial charge >= 0.3 is 0 Å². The lowest BCUT2D eigenvalue weighted by molar-refractivity contribution is -0.118. The first-order valence-electron chi connectivity index (χ1n) is 8.79. The average Bonchev–Trinajstić information content (AvgIpc) is 3.23. The molecule has 0 unspecified atom stereocenters. The van der Waals surface area contributed by atoms with Crippen molar-refractivity contribution in [3.05, 3.63) is 59.2 Å². The van der Waals surface area contributed by atoms with Gasteiger partial charge in [-0.25, -0.2) is 0 Å². The van der Waals surface area contributed by atoms with Gasteiger partial charge in [0, 0.05) is 5.56 Å². The molecule has 1 N–H and O–H groups in total. The van der Waals surface area contributed by atoms with Gasteiger partial charge in [0.1, 0.15) is 5.75 Å². The van der Waals surface area contributed by atoms with Crippen molar-refractivity contribution >= 4 is 27.3 Å². The van der Waals surface area contributed by atoms with Crippen LogP contribution in [0.1, 0.15) is 16.7 Å². The minimum Gasteiger partial charge on any atom is -0.483 e. The SMILES string of the molecule is Cc1cccc(-c2nnc3sc(NC(=O)COc4cccc(C)c4C)nn23)c1. The number of rotatable bonds is 5. The summed E-state index contributed by atoms with van der Waals surface area (Å²) in [7, 11) is 0. The van der Waals surface area contributed by atoms with Gasteiger partial charge in [-0.15, -0.1) is 15.3 Å². The van der Waals surface area contributed by atoms with Gasteiger partial charge in [0.15, 0.2) is 12.4 Å². The van der Waals surface area contributed by atoms with Crippen molar-refractivity contribution in [3.8, 4) is 17.1 Å². The van der Waals surface area contributed by atoms with Crippen molar-refractivity contribution in [1.82, 2.24) is 19.8 Å². The highest BCUT2D eigenvalue weighted by Gasteiger charge is 2.15. The molecule has 0 radical (unpaired) electrons. The van der Waals surface area contributed by atoms with Crippen LogP contribution in [0.3, 0.4) is 0 Å². The van der Waals surface area contributed by atoms with Crippen LogP contribution in [0.4, 0.5) is 5.13 Å². The molecule has 0 atom stereocenters. The topological polar surface area (TPSA) is 81.4 Å². The minimum atomic E-state index is -0.275. The van der Waals surface area contributed by atoms with E-state index in [0.717, 1.165) is 22.3 Å². The number of aromatic nitrogens is 4. The maximum atomic E-state index is 12.3. The van der Waals surface area contributed by atoms with Crippen molar-refractivity contribution in [1.29, 1.82) is 0 Å². The monoisotopic (exact) mass is 393 g/mol. The van der Waals surface area contributed by atoms with Crippen LogP contribution >= 0.6 is 11.3 Å². The molecule has 0 saturated carbocycles. The zero-order valence-corrected chi connectivity index (χ0v) is 16.6. The number of carbonyl (C=O) groups is 1. The molecule has 28 heavy (non-hydrogen) atoms. The summed E-state index contributed by atoms with van der Waals surface area (Å²) in [5.74, 6) is 1.07. The van der Waals surface area contributed by atoms with E-state index in [4.69, 9.17) is 4.74 Å². The molecule has 1 amide bonds. The van der Waals surface area contributed by atoms with Crippen LogP contribution in [-0.2, 0) is 4.79 Å². The molecule has 0 saturated heterocycles. The van der Waals surface area contributed by atoms with Crippen LogP contribution in [0.5, 0.6) is 5.75 Å². The summed E-state index contributed by atoms with van der Waals surface area (Å²) in [5, 5.41) is 16.0. The molecule has 7 nitrogen and oxygen atoms in total. The second-order valence-corrected chi connectivity index (χ2v) is 7.49. The Morgan fingerprint density at radius 2 is 1.96 bits per heavy atom. The molecular weight excluding hydrogens is 374 g/mol. The number of ether oxygens (including phenoxy) is 1. The summed E-state index contributed by atoms with van der Waals surface area (Å²) in [6, 6.07) is 13.7. The summed E-state index contributed by atoms with van der Waals surface area (Å²) in [5.41, 5.74) is 4.20. The predicted octanol–water partition coefficient (Wildman–Crippen LogP) is 3.80. The number of carbonyl (C=O) groups excluding carboxylic acids is 1.